The quantitative estimate of drug-likeness (QED) is 0.902. The van der Waals surface area contributed by atoms with Gasteiger partial charge in [-0.2, -0.15) is 0 Å². The average molecular weight is 352 g/mol. The number of carbonyl (C=O) groups excluding carboxylic acids is 2. The highest BCUT2D eigenvalue weighted by atomic mass is 16.5. The number of carbonyl (C=O) groups is 2. The van der Waals surface area contributed by atoms with Crippen LogP contribution in [0.15, 0.2) is 54.6 Å². The number of ether oxygens (including phenoxy) is 1. The number of benzene rings is 2. The van der Waals surface area contributed by atoms with E-state index >= 15 is 0 Å². The van der Waals surface area contributed by atoms with E-state index in [0.29, 0.717) is 23.7 Å². The predicted octanol–water partition coefficient (Wildman–Crippen LogP) is 4.06. The molecule has 1 aliphatic heterocycles. The molecule has 1 atom stereocenters. The molecule has 5 heteroatoms. The molecule has 0 saturated carbocycles. The van der Waals surface area contributed by atoms with Crippen LogP contribution in [0.1, 0.15) is 27.2 Å². The van der Waals surface area contributed by atoms with Crippen molar-refractivity contribution in [2.75, 3.05) is 11.9 Å². The van der Waals surface area contributed by atoms with Gasteiger partial charge in [-0.1, -0.05) is 30.3 Å². The Bertz CT molecular complexity index is 796. The van der Waals surface area contributed by atoms with Gasteiger partial charge in [-0.05, 0) is 45.0 Å². The zero-order chi connectivity index (χ0) is 18.7. The molecule has 5 nitrogen and oxygen atoms in total. The van der Waals surface area contributed by atoms with Crippen LogP contribution in [0.3, 0.4) is 0 Å². The van der Waals surface area contributed by atoms with Crippen LogP contribution in [-0.4, -0.2) is 28.8 Å². The summed E-state index contributed by atoms with van der Waals surface area (Å²) in [5, 5.41) is 2.92. The minimum Gasteiger partial charge on any atom is -0.455 e. The van der Waals surface area contributed by atoms with Crippen LogP contribution in [0, 0.1) is 5.92 Å². The molecule has 0 aromatic heterocycles. The zero-order valence-corrected chi connectivity index (χ0v) is 15.4. The summed E-state index contributed by atoms with van der Waals surface area (Å²) in [7, 11) is 0. The van der Waals surface area contributed by atoms with Gasteiger partial charge in [-0.3, -0.25) is 9.59 Å². The lowest BCUT2D eigenvalue weighted by Gasteiger charge is -2.31. The van der Waals surface area contributed by atoms with Crippen molar-refractivity contribution in [3.05, 3.63) is 54.6 Å². The van der Waals surface area contributed by atoms with E-state index in [9.17, 15) is 9.59 Å². The van der Waals surface area contributed by atoms with Crippen LogP contribution in [0.5, 0.6) is 11.5 Å². The van der Waals surface area contributed by atoms with Crippen LogP contribution in [-0.2, 0) is 9.59 Å². The number of amides is 2. The topological polar surface area (TPSA) is 58.6 Å². The zero-order valence-electron chi connectivity index (χ0n) is 15.4. The Kier molecular flexibility index (Phi) is 4.98. The highest BCUT2D eigenvalue weighted by molar-refractivity contribution is 5.98. The Balaban J connectivity index is 1.72. The highest BCUT2D eigenvalue weighted by Gasteiger charge is 2.39. The molecule has 1 heterocycles. The molecule has 0 radical (unpaired) electrons. The number of anilines is 1. The first-order valence-corrected chi connectivity index (χ1v) is 8.78. The predicted molar refractivity (Wildman–Crippen MR) is 101 cm³/mol. The third-order valence-electron chi connectivity index (χ3n) is 4.42. The lowest BCUT2D eigenvalue weighted by Crippen LogP contribution is -2.42. The van der Waals surface area contributed by atoms with E-state index in [1.165, 1.54) is 0 Å². The second-order valence-electron chi connectivity index (χ2n) is 7.48. The Morgan fingerprint density at radius 3 is 2.38 bits per heavy atom. The van der Waals surface area contributed by atoms with Gasteiger partial charge in [0.1, 0.15) is 5.75 Å². The van der Waals surface area contributed by atoms with E-state index in [-0.39, 0.29) is 29.7 Å². The number of nitrogens with one attached hydrogen (secondary N) is 1. The molecule has 2 aromatic rings. The molecule has 1 fully saturated rings. The van der Waals surface area contributed by atoms with Gasteiger partial charge in [-0.25, -0.2) is 0 Å². The van der Waals surface area contributed by atoms with Crippen molar-refractivity contribution in [1.82, 2.24) is 4.90 Å². The third-order valence-corrected chi connectivity index (χ3v) is 4.42. The number of nitrogens with zero attached hydrogens (tertiary/aromatic N) is 1. The van der Waals surface area contributed by atoms with E-state index in [4.69, 9.17) is 4.74 Å². The van der Waals surface area contributed by atoms with Gasteiger partial charge in [0.05, 0.1) is 11.6 Å². The van der Waals surface area contributed by atoms with Crippen LogP contribution in [0.2, 0.25) is 0 Å². The van der Waals surface area contributed by atoms with E-state index in [1.54, 1.807) is 11.0 Å². The summed E-state index contributed by atoms with van der Waals surface area (Å²) in [6.45, 7) is 6.38. The summed E-state index contributed by atoms with van der Waals surface area (Å²) >= 11 is 0. The van der Waals surface area contributed by atoms with Gasteiger partial charge >= 0.3 is 0 Å². The van der Waals surface area contributed by atoms with Gasteiger partial charge in [0, 0.05) is 18.5 Å². The molecule has 1 N–H and O–H groups in total. The molecular weight excluding hydrogens is 328 g/mol. The van der Waals surface area contributed by atoms with Crippen molar-refractivity contribution in [3.8, 4) is 11.5 Å². The smallest absolute Gasteiger partial charge is 0.229 e. The van der Waals surface area contributed by atoms with Crippen molar-refractivity contribution >= 4 is 17.5 Å². The maximum atomic E-state index is 12.7. The molecule has 26 heavy (non-hydrogen) atoms. The van der Waals surface area contributed by atoms with E-state index in [0.717, 1.165) is 0 Å². The average Bonchev–Trinajstić information content (AvgIpc) is 3.00. The van der Waals surface area contributed by atoms with Gasteiger partial charge in [0.25, 0.3) is 0 Å². The molecule has 0 bridgehead atoms. The summed E-state index contributed by atoms with van der Waals surface area (Å²) in [5.74, 6) is 0.778. The highest BCUT2D eigenvalue weighted by Crippen LogP contribution is 2.31. The summed E-state index contributed by atoms with van der Waals surface area (Å²) in [6, 6.07) is 16.7. The first-order chi connectivity index (χ1) is 12.3. The standard InChI is InChI=1S/C21H24N2O3/c1-21(2,3)23-14-15(13-19(23)24)20(25)22-17-11-7-8-12-18(17)26-16-9-5-4-6-10-16/h4-12,15H,13-14H2,1-3H3,(H,22,25). The molecule has 2 amide bonds. The second-order valence-corrected chi connectivity index (χ2v) is 7.48. The van der Waals surface area contributed by atoms with Crippen LogP contribution in [0.25, 0.3) is 0 Å². The molecule has 3 rings (SSSR count). The van der Waals surface area contributed by atoms with Crippen LogP contribution in [0.4, 0.5) is 5.69 Å². The van der Waals surface area contributed by atoms with E-state index < -0.39 is 0 Å². The van der Waals surface area contributed by atoms with Crippen molar-refractivity contribution in [1.29, 1.82) is 0 Å². The van der Waals surface area contributed by atoms with Gasteiger partial charge in [0.2, 0.25) is 11.8 Å². The Labute approximate surface area is 154 Å². The summed E-state index contributed by atoms with van der Waals surface area (Å²) in [6.07, 6.45) is 0.241. The minimum atomic E-state index is -0.355. The van der Waals surface area contributed by atoms with Crippen LogP contribution < -0.4 is 10.1 Å². The number of rotatable bonds is 4. The van der Waals surface area contributed by atoms with E-state index in [1.807, 2.05) is 69.3 Å². The molecule has 0 spiro atoms. The third kappa shape index (κ3) is 4.04. The van der Waals surface area contributed by atoms with Crippen molar-refractivity contribution < 1.29 is 14.3 Å². The largest absolute Gasteiger partial charge is 0.455 e. The second kappa shape index (κ2) is 7.20. The first-order valence-electron chi connectivity index (χ1n) is 8.78. The Hall–Kier alpha value is -2.82. The molecule has 0 aliphatic carbocycles. The number of hydrogen-bond acceptors (Lipinski definition) is 3. The fourth-order valence-corrected chi connectivity index (χ4v) is 3.04. The Morgan fingerprint density at radius 2 is 1.73 bits per heavy atom. The van der Waals surface area contributed by atoms with E-state index in [2.05, 4.69) is 5.32 Å². The fourth-order valence-electron chi connectivity index (χ4n) is 3.04. The molecule has 1 saturated heterocycles. The summed E-state index contributed by atoms with van der Waals surface area (Å²) < 4.78 is 5.88. The van der Waals surface area contributed by atoms with Crippen molar-refractivity contribution in [2.45, 2.75) is 32.7 Å². The first kappa shape index (κ1) is 18.0. The molecule has 1 unspecified atom stereocenters. The SMILES string of the molecule is CC(C)(C)N1CC(C(=O)Nc2ccccc2Oc2ccccc2)CC1=O. The normalized spacial score (nSPS) is 17.3. The van der Waals surface area contributed by atoms with Gasteiger partial charge < -0.3 is 15.0 Å². The summed E-state index contributed by atoms with van der Waals surface area (Å²) in [4.78, 5) is 26.7. The van der Waals surface area contributed by atoms with Gasteiger partial charge in [0.15, 0.2) is 5.75 Å². The lowest BCUT2D eigenvalue weighted by molar-refractivity contribution is -0.131. The molecular formula is C21H24N2O3. The lowest BCUT2D eigenvalue weighted by atomic mass is 10.1. The number of hydrogen-bond donors (Lipinski definition) is 1. The van der Waals surface area contributed by atoms with Crippen molar-refractivity contribution in [3.63, 3.8) is 0 Å². The van der Waals surface area contributed by atoms with Gasteiger partial charge in [-0.15, -0.1) is 0 Å². The number of para-hydroxylation sites is 3. The van der Waals surface area contributed by atoms with Crippen molar-refractivity contribution in [2.24, 2.45) is 5.92 Å². The summed E-state index contributed by atoms with van der Waals surface area (Å²) in [5.41, 5.74) is 0.323. The maximum absolute atomic E-state index is 12.7. The molecule has 2 aromatic carbocycles. The monoisotopic (exact) mass is 352 g/mol. The Morgan fingerprint density at radius 1 is 1.08 bits per heavy atom. The number of likely N-dealkylation sites (tertiary alicyclic amines) is 1. The fraction of sp³-hybridized carbons (Fsp3) is 0.333. The minimum absolute atomic E-state index is 0.0199. The maximum Gasteiger partial charge on any atom is 0.229 e. The van der Waals surface area contributed by atoms with Crippen LogP contribution >= 0.6 is 0 Å². The molecule has 136 valence electrons. The molecule has 1 aliphatic rings.